The molecule has 2 aromatic rings. The Labute approximate surface area is 255 Å². The van der Waals surface area contributed by atoms with Crippen LogP contribution in [0.3, 0.4) is 0 Å². The third-order valence-electron chi connectivity index (χ3n) is 6.99. The molecule has 39 heavy (non-hydrogen) atoms. The topological polar surface area (TPSA) is 130 Å². The Morgan fingerprint density at radius 1 is 1.03 bits per heavy atom. The maximum atomic E-state index is 12.1. The van der Waals surface area contributed by atoms with Crippen LogP contribution in [0.2, 0.25) is 0 Å². The zero-order chi connectivity index (χ0) is 28.8. The molecular weight excluding hydrogens is 511 g/mol. The zero-order valence-electron chi connectivity index (χ0n) is 25.0. The van der Waals surface area contributed by atoms with Crippen LogP contribution in [0.5, 0.6) is 0 Å². The van der Waals surface area contributed by atoms with E-state index in [9.17, 15) is 19.5 Å². The van der Waals surface area contributed by atoms with Crippen LogP contribution in [-0.4, -0.2) is 48.9 Å². The van der Waals surface area contributed by atoms with Crippen LogP contribution in [0.4, 0.5) is 0 Å². The summed E-state index contributed by atoms with van der Waals surface area (Å²) in [5.41, 5.74) is 1.64. The molecule has 1 fully saturated rings. The van der Waals surface area contributed by atoms with Crippen LogP contribution in [0.15, 0.2) is 30.5 Å². The largest absolute Gasteiger partial charge is 1.00 e. The van der Waals surface area contributed by atoms with E-state index in [1.165, 1.54) is 6.92 Å². The number of carboxylic acids is 1. The molecule has 1 aromatic heterocycles. The first kappa shape index (κ1) is 37.1. The summed E-state index contributed by atoms with van der Waals surface area (Å²) >= 11 is 0. The quantitative estimate of drug-likeness (QED) is 0.368. The van der Waals surface area contributed by atoms with E-state index in [1.54, 1.807) is 27.2 Å². The molecule has 0 aliphatic carbocycles. The first-order valence-electron chi connectivity index (χ1n) is 13.5. The fraction of sp³-hybridized carbons (Fsp3) is 0.621. The van der Waals surface area contributed by atoms with Crippen molar-refractivity contribution in [3.05, 3.63) is 36.0 Å². The second-order valence-corrected chi connectivity index (χ2v) is 9.39. The number of esters is 1. The number of carboxylic acid groups (broad SMARTS) is 1. The number of rotatable bonds is 8. The molecule has 1 amide bonds. The summed E-state index contributed by atoms with van der Waals surface area (Å²) in [5.74, 6) is 0.204. The van der Waals surface area contributed by atoms with Crippen molar-refractivity contribution >= 4 is 28.7 Å². The second kappa shape index (κ2) is 19.2. The molecule has 0 saturated carbocycles. The number of hydrogen-bond acceptors (Lipinski definition) is 7. The van der Waals surface area contributed by atoms with Gasteiger partial charge < -0.3 is 34.4 Å². The molecule has 2 N–H and O–H groups in total. The van der Waals surface area contributed by atoms with E-state index < -0.39 is 18.0 Å². The van der Waals surface area contributed by atoms with Crippen molar-refractivity contribution in [2.45, 2.75) is 86.2 Å². The molecular formula is C29H45N2NaO7. The van der Waals surface area contributed by atoms with Crippen molar-refractivity contribution in [2.24, 2.45) is 17.8 Å². The summed E-state index contributed by atoms with van der Waals surface area (Å²) in [5, 5.41) is 12.9. The number of aromatic nitrogens is 1. The number of hydrogen-bond donors (Lipinski definition) is 2. The fourth-order valence-electron chi connectivity index (χ4n) is 4.31. The van der Waals surface area contributed by atoms with Gasteiger partial charge in [0.05, 0.1) is 12.7 Å². The van der Waals surface area contributed by atoms with Gasteiger partial charge in [-0.25, -0.2) is 4.79 Å². The molecule has 1 aliphatic rings. The van der Waals surface area contributed by atoms with Crippen molar-refractivity contribution in [1.82, 2.24) is 10.3 Å². The summed E-state index contributed by atoms with van der Waals surface area (Å²) in [6, 6.07) is 6.85. The van der Waals surface area contributed by atoms with E-state index >= 15 is 0 Å². The smallest absolute Gasteiger partial charge is 0.550 e. The number of carbonyl (C=O) groups is 3. The summed E-state index contributed by atoms with van der Waals surface area (Å²) in [7, 11) is 1.73. The predicted octanol–water partition coefficient (Wildman–Crippen LogP) is 1.12. The normalized spacial score (nSPS) is 22.6. The molecule has 6 unspecified atom stereocenters. The molecule has 1 aliphatic heterocycles. The van der Waals surface area contributed by atoms with E-state index in [2.05, 4.69) is 38.0 Å². The molecule has 0 radical (unpaired) electrons. The van der Waals surface area contributed by atoms with Gasteiger partial charge in [0.2, 0.25) is 5.91 Å². The third kappa shape index (κ3) is 11.2. The van der Waals surface area contributed by atoms with Crippen LogP contribution in [0.25, 0.3) is 10.9 Å². The number of amides is 1. The summed E-state index contributed by atoms with van der Waals surface area (Å²) in [6.45, 7) is 14.3. The molecule has 9 nitrogen and oxygen atoms in total. The van der Waals surface area contributed by atoms with Gasteiger partial charge in [0.25, 0.3) is 0 Å². The molecule has 10 heteroatoms. The van der Waals surface area contributed by atoms with Gasteiger partial charge in [0.15, 0.2) is 12.3 Å². The van der Waals surface area contributed by atoms with Crippen molar-refractivity contribution in [3.63, 3.8) is 0 Å². The van der Waals surface area contributed by atoms with Crippen molar-refractivity contribution < 1.29 is 63.3 Å². The number of benzene rings is 1. The first-order valence-corrected chi connectivity index (χ1v) is 13.5. The number of para-hydroxylation sites is 1. The molecule has 1 saturated heterocycles. The molecule has 0 bridgehead atoms. The molecule has 0 spiro atoms. The number of aromatic amines is 1. The van der Waals surface area contributed by atoms with Gasteiger partial charge in [-0.15, -0.1) is 0 Å². The molecule has 6 atom stereocenters. The van der Waals surface area contributed by atoms with Gasteiger partial charge >= 0.3 is 35.5 Å². The minimum Gasteiger partial charge on any atom is -0.550 e. The van der Waals surface area contributed by atoms with E-state index in [-0.39, 0.29) is 54.8 Å². The zero-order valence-corrected chi connectivity index (χ0v) is 27.0. The summed E-state index contributed by atoms with van der Waals surface area (Å²) in [4.78, 5) is 36.1. The average molecular weight is 557 g/mol. The predicted molar refractivity (Wildman–Crippen MR) is 145 cm³/mol. The minimum atomic E-state index is -0.995. The Hall–Kier alpha value is -1.91. The van der Waals surface area contributed by atoms with E-state index in [0.29, 0.717) is 30.3 Å². The Balaban J connectivity index is 0.000000655. The summed E-state index contributed by atoms with van der Waals surface area (Å²) in [6.07, 6.45) is 3.62. The Morgan fingerprint density at radius 2 is 1.64 bits per heavy atom. The minimum absolute atomic E-state index is 0. The number of aliphatic carboxylic acids is 1. The van der Waals surface area contributed by atoms with Crippen molar-refractivity contribution in [2.75, 3.05) is 13.7 Å². The van der Waals surface area contributed by atoms with Gasteiger partial charge in [-0.3, -0.25) is 4.79 Å². The maximum Gasteiger partial charge on any atom is 1.00 e. The van der Waals surface area contributed by atoms with Gasteiger partial charge in [-0.2, -0.15) is 0 Å². The fourth-order valence-corrected chi connectivity index (χ4v) is 4.31. The van der Waals surface area contributed by atoms with Gasteiger partial charge in [-0.05, 0) is 37.7 Å². The number of carbonyl (C=O) groups excluding carboxylic acids is 3. The Kier molecular flexibility index (Phi) is 18.3. The van der Waals surface area contributed by atoms with E-state index in [4.69, 9.17) is 14.2 Å². The van der Waals surface area contributed by atoms with Crippen LogP contribution in [0.1, 0.15) is 79.3 Å². The Bertz CT molecular complexity index is 992. The Morgan fingerprint density at radius 3 is 2.15 bits per heavy atom. The van der Waals surface area contributed by atoms with Crippen LogP contribution >= 0.6 is 0 Å². The first-order chi connectivity index (χ1) is 18.1. The van der Waals surface area contributed by atoms with Gasteiger partial charge in [0, 0.05) is 48.1 Å². The molecule has 2 heterocycles. The molecule has 214 valence electrons. The second-order valence-electron chi connectivity index (χ2n) is 9.39. The van der Waals surface area contributed by atoms with Crippen LogP contribution < -0.4 is 40.0 Å². The van der Waals surface area contributed by atoms with Gasteiger partial charge in [-0.1, -0.05) is 59.7 Å². The number of fused-ring (bicyclic) bond motifs is 1. The number of ether oxygens (including phenoxy) is 3. The monoisotopic (exact) mass is 556 g/mol. The SMILES string of the molecule is CCC(=O)[O-].CCC1OC(OC)C(C)C(C)C1C.CCOC(=O)C(NC(=O)CC)c1c[nH]c2ccccc12.[Na+]. The maximum absolute atomic E-state index is 12.1. The standard InChI is InChI=1S/C15H18N2O3.C11H22O2.C3H6O2.Na/c1-3-13(18)17-14(15(19)20-4-2)11-9-16-12-8-6-5-7-10(11)12;1-6-10-8(3)7(2)9(4)11(12-5)13-10;1-2-3(4)5;/h5-9,14,16H,3-4H2,1-2H3,(H,17,18);7-11H,6H2,1-5H3;2H2,1H3,(H,4,5);/q;;;+1/p-1. The van der Waals surface area contributed by atoms with Crippen molar-refractivity contribution in [1.29, 1.82) is 0 Å². The van der Waals surface area contributed by atoms with Crippen LogP contribution in [0, 0.1) is 17.8 Å². The van der Waals surface area contributed by atoms with Crippen molar-refractivity contribution in [3.8, 4) is 0 Å². The molecule has 1 aromatic carbocycles. The summed E-state index contributed by atoms with van der Waals surface area (Å²) < 4.78 is 16.2. The third-order valence-corrected chi connectivity index (χ3v) is 6.99. The number of methoxy groups -OCH3 is 1. The van der Waals surface area contributed by atoms with Crippen LogP contribution in [-0.2, 0) is 28.6 Å². The van der Waals surface area contributed by atoms with E-state index in [1.807, 2.05) is 24.3 Å². The number of nitrogens with one attached hydrogen (secondary N) is 2. The number of H-pyrrole nitrogens is 1. The van der Waals surface area contributed by atoms with E-state index in [0.717, 1.165) is 22.9 Å². The average Bonchev–Trinajstić information content (AvgIpc) is 3.35. The van der Waals surface area contributed by atoms with Gasteiger partial charge in [0.1, 0.15) is 0 Å². The molecule has 3 rings (SSSR count).